The van der Waals surface area contributed by atoms with Crippen LogP contribution >= 0.6 is 36.2 Å². The number of likely N-dealkylation sites (tertiary alicyclic amines) is 1. The number of rotatable bonds is 3. The first-order valence-electron chi connectivity index (χ1n) is 9.14. The summed E-state index contributed by atoms with van der Waals surface area (Å²) in [5.41, 5.74) is 3.72. The van der Waals surface area contributed by atoms with E-state index < -0.39 is 0 Å². The monoisotopic (exact) mass is 427 g/mol. The first-order valence-corrected chi connectivity index (χ1v) is 10.0. The standard InChI is InChI=1S/C20H25N3OS.2ClH/c1-15-3-2-4-16(11-15)19-22-17(13-25-19)12-18(24)23-9-6-20(7-10-23)5-8-21-14-20;;/h2-4,11,13,21H,5-10,12,14H2,1H3;2*1H. The maximum atomic E-state index is 12.6. The normalized spacial score (nSPS) is 18.0. The number of halogens is 2. The van der Waals surface area contributed by atoms with Crippen LogP contribution < -0.4 is 5.32 Å². The molecule has 1 N–H and O–H groups in total. The average molecular weight is 428 g/mol. The molecule has 2 aliphatic rings. The first-order chi connectivity index (χ1) is 12.1. The molecule has 27 heavy (non-hydrogen) atoms. The smallest absolute Gasteiger partial charge is 0.228 e. The van der Waals surface area contributed by atoms with Gasteiger partial charge < -0.3 is 10.2 Å². The Bertz CT molecular complexity index is 764. The van der Waals surface area contributed by atoms with Crippen molar-refractivity contribution in [2.75, 3.05) is 26.2 Å². The lowest BCUT2D eigenvalue weighted by atomic mass is 9.78. The van der Waals surface area contributed by atoms with Gasteiger partial charge in [0.05, 0.1) is 12.1 Å². The summed E-state index contributed by atoms with van der Waals surface area (Å²) in [6.45, 7) is 6.14. The molecule has 2 saturated heterocycles. The largest absolute Gasteiger partial charge is 0.342 e. The highest BCUT2D eigenvalue weighted by molar-refractivity contribution is 7.13. The summed E-state index contributed by atoms with van der Waals surface area (Å²) in [5, 5.41) is 6.51. The van der Waals surface area contributed by atoms with Crippen LogP contribution in [0.1, 0.15) is 30.5 Å². The fourth-order valence-corrected chi connectivity index (χ4v) is 4.84. The van der Waals surface area contributed by atoms with Crippen molar-refractivity contribution in [3.8, 4) is 10.6 Å². The van der Waals surface area contributed by atoms with Crippen molar-refractivity contribution in [1.29, 1.82) is 0 Å². The highest BCUT2D eigenvalue weighted by Crippen LogP contribution is 2.37. The predicted octanol–water partition coefficient (Wildman–Crippen LogP) is 4.11. The Kier molecular flexibility index (Phi) is 7.69. The minimum Gasteiger partial charge on any atom is -0.342 e. The number of nitrogens with one attached hydrogen (secondary N) is 1. The molecule has 148 valence electrons. The number of piperidine rings is 1. The van der Waals surface area contributed by atoms with Gasteiger partial charge >= 0.3 is 0 Å². The number of aromatic nitrogens is 1. The van der Waals surface area contributed by atoms with Crippen molar-refractivity contribution >= 4 is 42.1 Å². The molecular weight excluding hydrogens is 401 g/mol. The van der Waals surface area contributed by atoms with Gasteiger partial charge in [-0.15, -0.1) is 36.2 Å². The topological polar surface area (TPSA) is 45.2 Å². The molecule has 2 aliphatic heterocycles. The summed E-state index contributed by atoms with van der Waals surface area (Å²) in [6, 6.07) is 8.37. The van der Waals surface area contributed by atoms with Crippen molar-refractivity contribution in [1.82, 2.24) is 15.2 Å². The van der Waals surface area contributed by atoms with E-state index in [9.17, 15) is 4.79 Å². The van der Waals surface area contributed by atoms with Crippen LogP contribution in [-0.2, 0) is 11.2 Å². The third-order valence-electron chi connectivity index (χ3n) is 5.66. The molecule has 0 saturated carbocycles. The second kappa shape index (κ2) is 9.37. The Balaban J connectivity index is 0.00000131. The summed E-state index contributed by atoms with van der Waals surface area (Å²) in [7, 11) is 0. The highest BCUT2D eigenvalue weighted by Gasteiger charge is 2.37. The number of benzene rings is 1. The molecule has 4 rings (SSSR count). The van der Waals surface area contributed by atoms with E-state index in [0.29, 0.717) is 11.8 Å². The van der Waals surface area contributed by atoms with E-state index in [1.807, 2.05) is 10.3 Å². The van der Waals surface area contributed by atoms with Gasteiger partial charge in [-0.2, -0.15) is 0 Å². The van der Waals surface area contributed by atoms with E-state index >= 15 is 0 Å². The molecule has 1 aromatic heterocycles. The molecule has 2 aromatic rings. The van der Waals surface area contributed by atoms with Crippen LogP contribution in [0, 0.1) is 12.3 Å². The van der Waals surface area contributed by atoms with Gasteiger partial charge in [0, 0.05) is 30.6 Å². The number of hydrogen-bond donors (Lipinski definition) is 1. The summed E-state index contributed by atoms with van der Waals surface area (Å²) >= 11 is 1.63. The van der Waals surface area contributed by atoms with E-state index in [4.69, 9.17) is 0 Å². The minimum absolute atomic E-state index is 0. The molecule has 2 fully saturated rings. The number of carbonyl (C=O) groups is 1. The highest BCUT2D eigenvalue weighted by atomic mass is 35.5. The molecule has 3 heterocycles. The minimum atomic E-state index is 0. The van der Waals surface area contributed by atoms with E-state index in [2.05, 4.69) is 41.5 Å². The second-order valence-corrected chi connectivity index (χ2v) is 8.36. The number of aryl methyl sites for hydroxylation is 1. The van der Waals surface area contributed by atoms with Crippen molar-refractivity contribution in [3.63, 3.8) is 0 Å². The predicted molar refractivity (Wildman–Crippen MR) is 116 cm³/mol. The fourth-order valence-electron chi connectivity index (χ4n) is 4.02. The summed E-state index contributed by atoms with van der Waals surface area (Å²) in [4.78, 5) is 19.4. The van der Waals surface area contributed by atoms with E-state index in [0.717, 1.165) is 55.3 Å². The van der Waals surface area contributed by atoms with Gasteiger partial charge in [-0.3, -0.25) is 4.79 Å². The van der Waals surface area contributed by atoms with Crippen molar-refractivity contribution < 1.29 is 4.79 Å². The van der Waals surface area contributed by atoms with Gasteiger partial charge in [0.15, 0.2) is 0 Å². The van der Waals surface area contributed by atoms with Gasteiger partial charge in [0.25, 0.3) is 0 Å². The van der Waals surface area contributed by atoms with Crippen molar-refractivity contribution in [2.45, 2.75) is 32.6 Å². The van der Waals surface area contributed by atoms with Gasteiger partial charge in [-0.1, -0.05) is 23.8 Å². The van der Waals surface area contributed by atoms with Crippen molar-refractivity contribution in [2.24, 2.45) is 5.41 Å². The zero-order chi connectivity index (χ0) is 17.3. The zero-order valence-electron chi connectivity index (χ0n) is 15.6. The van der Waals surface area contributed by atoms with Crippen LogP contribution in [0.25, 0.3) is 10.6 Å². The zero-order valence-corrected chi connectivity index (χ0v) is 18.0. The fraction of sp³-hybridized carbons (Fsp3) is 0.500. The molecule has 1 spiro atoms. The van der Waals surface area contributed by atoms with E-state index in [1.165, 1.54) is 12.0 Å². The molecular formula is C20H27Cl2N3OS. The van der Waals surface area contributed by atoms with Crippen molar-refractivity contribution in [3.05, 3.63) is 40.9 Å². The van der Waals surface area contributed by atoms with Gasteiger partial charge in [0.2, 0.25) is 5.91 Å². The molecule has 0 aliphatic carbocycles. The van der Waals surface area contributed by atoms with Gasteiger partial charge in [-0.05, 0) is 44.2 Å². The maximum Gasteiger partial charge on any atom is 0.228 e. The van der Waals surface area contributed by atoms with E-state index in [1.54, 1.807) is 11.3 Å². The Morgan fingerprint density at radius 2 is 2.04 bits per heavy atom. The number of amides is 1. The van der Waals surface area contributed by atoms with Crippen LogP contribution in [-0.4, -0.2) is 42.0 Å². The summed E-state index contributed by atoms with van der Waals surface area (Å²) < 4.78 is 0. The molecule has 1 aromatic carbocycles. The second-order valence-electron chi connectivity index (χ2n) is 7.50. The number of carbonyl (C=O) groups excluding carboxylic acids is 1. The van der Waals surface area contributed by atoms with Crippen LogP contribution in [0.3, 0.4) is 0 Å². The number of nitrogens with zero attached hydrogens (tertiary/aromatic N) is 2. The van der Waals surface area contributed by atoms with Crippen LogP contribution in [0.2, 0.25) is 0 Å². The summed E-state index contributed by atoms with van der Waals surface area (Å²) in [6.07, 6.45) is 3.96. The lowest BCUT2D eigenvalue weighted by Gasteiger charge is -2.38. The van der Waals surface area contributed by atoms with Gasteiger partial charge in [-0.25, -0.2) is 4.98 Å². The molecule has 0 atom stereocenters. The first kappa shape index (κ1) is 22.2. The summed E-state index contributed by atoms with van der Waals surface area (Å²) in [5.74, 6) is 0.224. The molecule has 0 unspecified atom stereocenters. The van der Waals surface area contributed by atoms with Crippen LogP contribution in [0.5, 0.6) is 0 Å². The van der Waals surface area contributed by atoms with Crippen LogP contribution in [0.4, 0.5) is 0 Å². The lowest BCUT2D eigenvalue weighted by molar-refractivity contribution is -0.132. The van der Waals surface area contributed by atoms with Gasteiger partial charge in [0.1, 0.15) is 5.01 Å². The third kappa shape index (κ3) is 5.02. The van der Waals surface area contributed by atoms with Crippen LogP contribution in [0.15, 0.2) is 29.6 Å². The quantitative estimate of drug-likeness (QED) is 0.801. The van der Waals surface area contributed by atoms with E-state index in [-0.39, 0.29) is 30.7 Å². The Hall–Kier alpha value is -1.14. The molecule has 0 bridgehead atoms. The molecule has 1 amide bonds. The Morgan fingerprint density at radius 3 is 2.70 bits per heavy atom. The Labute approximate surface area is 177 Å². The Morgan fingerprint density at radius 1 is 1.26 bits per heavy atom. The molecule has 7 heteroatoms. The molecule has 4 nitrogen and oxygen atoms in total. The third-order valence-corrected chi connectivity index (χ3v) is 6.60. The average Bonchev–Trinajstić information content (AvgIpc) is 3.26. The number of thiazole rings is 1. The maximum absolute atomic E-state index is 12.6. The SMILES string of the molecule is Cc1cccc(-c2nc(CC(=O)N3CCC4(CCNC4)CC3)cs2)c1.Cl.Cl. The lowest BCUT2D eigenvalue weighted by Crippen LogP contribution is -2.44. The number of hydrogen-bond acceptors (Lipinski definition) is 4. The molecule has 0 radical (unpaired) electrons.